The Labute approximate surface area is 124 Å². The molecule has 0 saturated heterocycles. The second-order valence-corrected chi connectivity index (χ2v) is 6.20. The molecule has 100 valence electrons. The molecule has 3 nitrogen and oxygen atoms in total. The first kappa shape index (κ1) is 14.3. The zero-order valence-electron chi connectivity index (χ0n) is 10.3. The highest BCUT2D eigenvalue weighted by molar-refractivity contribution is 9.11. The first-order chi connectivity index (χ1) is 8.70. The van der Waals surface area contributed by atoms with Crippen LogP contribution in [0.15, 0.2) is 21.1 Å². The number of nitrogens with one attached hydrogen (secondary N) is 1. The minimum Gasteiger partial charge on any atom is -0.495 e. The SMILES string of the molecule is COc1c(Br)cc(Br)cc1CNOC1CCCC1. The molecule has 0 aromatic heterocycles. The van der Waals surface area contributed by atoms with Crippen molar-refractivity contribution < 1.29 is 9.57 Å². The minimum absolute atomic E-state index is 0.367. The molecule has 1 aliphatic carbocycles. The van der Waals surface area contributed by atoms with Gasteiger partial charge in [-0.15, -0.1) is 0 Å². The van der Waals surface area contributed by atoms with Gasteiger partial charge in [0.05, 0.1) is 17.7 Å². The first-order valence-corrected chi connectivity index (χ1v) is 7.69. The number of hydrogen-bond acceptors (Lipinski definition) is 3. The third-order valence-corrected chi connectivity index (χ3v) is 4.15. The van der Waals surface area contributed by atoms with Crippen LogP contribution >= 0.6 is 31.9 Å². The van der Waals surface area contributed by atoms with Crippen LogP contribution in [0.25, 0.3) is 0 Å². The fraction of sp³-hybridized carbons (Fsp3) is 0.538. The second kappa shape index (κ2) is 6.89. The molecule has 0 atom stereocenters. The van der Waals surface area contributed by atoms with Crippen LogP contribution in [-0.2, 0) is 11.4 Å². The molecule has 0 radical (unpaired) electrons. The number of hydroxylamine groups is 1. The van der Waals surface area contributed by atoms with E-state index in [1.54, 1.807) is 7.11 Å². The lowest BCUT2D eigenvalue weighted by molar-refractivity contribution is -0.0246. The molecule has 1 N–H and O–H groups in total. The van der Waals surface area contributed by atoms with E-state index in [9.17, 15) is 0 Å². The smallest absolute Gasteiger partial charge is 0.137 e. The molecule has 1 saturated carbocycles. The number of methoxy groups -OCH3 is 1. The molecule has 18 heavy (non-hydrogen) atoms. The maximum atomic E-state index is 5.65. The lowest BCUT2D eigenvalue weighted by atomic mass is 10.2. The van der Waals surface area contributed by atoms with Crippen molar-refractivity contribution in [1.29, 1.82) is 0 Å². The predicted octanol–water partition coefficient (Wildman–Crippen LogP) is 4.18. The molecule has 1 aromatic carbocycles. The highest BCUT2D eigenvalue weighted by atomic mass is 79.9. The zero-order chi connectivity index (χ0) is 13.0. The molecular formula is C13H17Br2NO2. The topological polar surface area (TPSA) is 30.5 Å². The fourth-order valence-corrected chi connectivity index (χ4v) is 3.69. The van der Waals surface area contributed by atoms with Crippen molar-refractivity contribution in [2.24, 2.45) is 0 Å². The van der Waals surface area contributed by atoms with Gasteiger partial charge in [-0.25, -0.2) is 0 Å². The van der Waals surface area contributed by atoms with Gasteiger partial charge in [0.25, 0.3) is 0 Å². The highest BCUT2D eigenvalue weighted by Crippen LogP contribution is 2.32. The van der Waals surface area contributed by atoms with Crippen LogP contribution in [0.3, 0.4) is 0 Å². The van der Waals surface area contributed by atoms with E-state index in [1.807, 2.05) is 12.1 Å². The van der Waals surface area contributed by atoms with Crippen LogP contribution in [0.4, 0.5) is 0 Å². The Morgan fingerprint density at radius 1 is 1.28 bits per heavy atom. The number of benzene rings is 1. The lowest BCUT2D eigenvalue weighted by Crippen LogP contribution is -2.21. The third-order valence-electron chi connectivity index (χ3n) is 3.10. The van der Waals surface area contributed by atoms with E-state index < -0.39 is 0 Å². The summed E-state index contributed by atoms with van der Waals surface area (Å²) in [6, 6.07) is 4.01. The van der Waals surface area contributed by atoms with Crippen LogP contribution in [0.1, 0.15) is 31.2 Å². The van der Waals surface area contributed by atoms with Gasteiger partial charge in [-0.2, -0.15) is 5.48 Å². The Hall–Kier alpha value is -0.100. The average Bonchev–Trinajstić information content (AvgIpc) is 2.81. The van der Waals surface area contributed by atoms with Crippen LogP contribution in [0, 0.1) is 0 Å². The van der Waals surface area contributed by atoms with E-state index in [4.69, 9.17) is 9.57 Å². The number of halogens is 2. The molecule has 0 spiro atoms. The van der Waals surface area contributed by atoms with E-state index >= 15 is 0 Å². The number of ether oxygens (including phenoxy) is 1. The van der Waals surface area contributed by atoms with Crippen LogP contribution < -0.4 is 10.2 Å². The summed E-state index contributed by atoms with van der Waals surface area (Å²) in [5.41, 5.74) is 4.12. The van der Waals surface area contributed by atoms with E-state index in [-0.39, 0.29) is 0 Å². The molecule has 1 aliphatic rings. The van der Waals surface area contributed by atoms with Crippen LogP contribution in [-0.4, -0.2) is 13.2 Å². The fourth-order valence-electron chi connectivity index (χ4n) is 2.22. The monoisotopic (exact) mass is 377 g/mol. The van der Waals surface area contributed by atoms with Crippen molar-refractivity contribution in [1.82, 2.24) is 5.48 Å². The van der Waals surface area contributed by atoms with Gasteiger partial charge in [-0.1, -0.05) is 28.8 Å². The molecule has 1 aromatic rings. The van der Waals surface area contributed by atoms with Crippen molar-refractivity contribution in [3.63, 3.8) is 0 Å². The van der Waals surface area contributed by atoms with E-state index in [0.29, 0.717) is 12.6 Å². The van der Waals surface area contributed by atoms with Crippen molar-refractivity contribution in [2.75, 3.05) is 7.11 Å². The van der Waals surface area contributed by atoms with Crippen molar-refractivity contribution in [2.45, 2.75) is 38.3 Å². The van der Waals surface area contributed by atoms with Crippen LogP contribution in [0.5, 0.6) is 5.75 Å². The highest BCUT2D eigenvalue weighted by Gasteiger charge is 2.16. The Kier molecular flexibility index (Phi) is 5.48. The molecule has 2 rings (SSSR count). The molecule has 0 aliphatic heterocycles. The molecule has 0 heterocycles. The normalized spacial score (nSPS) is 16.2. The zero-order valence-corrected chi connectivity index (χ0v) is 13.5. The van der Waals surface area contributed by atoms with Gasteiger partial charge >= 0.3 is 0 Å². The molecule has 0 unspecified atom stereocenters. The number of hydrogen-bond donors (Lipinski definition) is 1. The second-order valence-electron chi connectivity index (χ2n) is 4.43. The largest absolute Gasteiger partial charge is 0.495 e. The van der Waals surface area contributed by atoms with Gasteiger partial charge in [0.2, 0.25) is 0 Å². The Balaban J connectivity index is 1.95. The average molecular weight is 379 g/mol. The lowest BCUT2D eigenvalue weighted by Gasteiger charge is -2.14. The van der Waals surface area contributed by atoms with E-state index in [2.05, 4.69) is 37.3 Å². The quantitative estimate of drug-likeness (QED) is 0.779. The molecule has 1 fully saturated rings. The summed E-state index contributed by atoms with van der Waals surface area (Å²) in [6.07, 6.45) is 5.24. The summed E-state index contributed by atoms with van der Waals surface area (Å²) in [6.45, 7) is 0.637. The number of rotatable bonds is 5. The maximum absolute atomic E-state index is 5.65. The van der Waals surface area contributed by atoms with Gasteiger partial charge in [0.1, 0.15) is 5.75 Å². The molecular weight excluding hydrogens is 362 g/mol. The summed E-state index contributed by atoms with van der Waals surface area (Å²) < 4.78 is 7.35. The van der Waals surface area contributed by atoms with Gasteiger partial charge in [0.15, 0.2) is 0 Å². The van der Waals surface area contributed by atoms with E-state index in [1.165, 1.54) is 12.8 Å². The van der Waals surface area contributed by atoms with Crippen molar-refractivity contribution in [3.05, 3.63) is 26.6 Å². The van der Waals surface area contributed by atoms with Crippen molar-refractivity contribution >= 4 is 31.9 Å². The van der Waals surface area contributed by atoms with E-state index in [0.717, 1.165) is 33.1 Å². The summed E-state index contributed by atoms with van der Waals surface area (Å²) in [5.74, 6) is 0.848. The molecule has 0 amide bonds. The summed E-state index contributed by atoms with van der Waals surface area (Å²) in [4.78, 5) is 5.65. The van der Waals surface area contributed by atoms with Gasteiger partial charge in [-0.05, 0) is 40.9 Å². The summed E-state index contributed by atoms with van der Waals surface area (Å²) >= 11 is 6.97. The Morgan fingerprint density at radius 2 is 2.00 bits per heavy atom. The third kappa shape index (κ3) is 3.70. The molecule has 0 bridgehead atoms. The minimum atomic E-state index is 0.367. The van der Waals surface area contributed by atoms with Gasteiger partial charge in [0, 0.05) is 16.6 Å². The summed E-state index contributed by atoms with van der Waals surface area (Å²) in [7, 11) is 1.68. The standard InChI is InChI=1S/C13H17Br2NO2/c1-17-13-9(6-10(14)7-12(13)15)8-16-18-11-4-2-3-5-11/h6-7,11,16H,2-5,8H2,1H3. The first-order valence-electron chi connectivity index (χ1n) is 6.11. The predicted molar refractivity (Wildman–Crippen MR) is 78.6 cm³/mol. The maximum Gasteiger partial charge on any atom is 0.137 e. The molecule has 5 heteroatoms. The summed E-state index contributed by atoms with van der Waals surface area (Å²) in [5, 5.41) is 0. The van der Waals surface area contributed by atoms with Gasteiger partial charge in [-0.3, -0.25) is 4.84 Å². The van der Waals surface area contributed by atoms with Gasteiger partial charge < -0.3 is 4.74 Å². The Morgan fingerprint density at radius 3 is 2.67 bits per heavy atom. The Bertz CT molecular complexity index is 406. The van der Waals surface area contributed by atoms with Crippen molar-refractivity contribution in [3.8, 4) is 5.75 Å². The van der Waals surface area contributed by atoms with Crippen LogP contribution in [0.2, 0.25) is 0 Å².